The normalized spacial score (nSPS) is 10.0. The van der Waals surface area contributed by atoms with Crippen molar-refractivity contribution in [3.63, 3.8) is 0 Å². The molecule has 3 aromatic rings. The number of rotatable bonds is 6. The van der Waals surface area contributed by atoms with Crippen molar-refractivity contribution in [1.29, 1.82) is 0 Å². The van der Waals surface area contributed by atoms with Crippen molar-refractivity contribution in [2.24, 2.45) is 0 Å². The molecule has 0 bridgehead atoms. The van der Waals surface area contributed by atoms with Crippen molar-refractivity contribution in [2.75, 3.05) is 5.32 Å². The number of pyridine rings is 1. The van der Waals surface area contributed by atoms with Gasteiger partial charge in [-0.3, -0.25) is 9.78 Å². The van der Waals surface area contributed by atoms with Gasteiger partial charge in [-0.25, -0.2) is 4.79 Å². The molecule has 3 rings (SSSR count). The first-order valence-electron chi connectivity index (χ1n) is 8.09. The van der Waals surface area contributed by atoms with E-state index in [2.05, 4.69) is 10.3 Å². The third-order valence-electron chi connectivity index (χ3n) is 3.77. The molecule has 0 spiro atoms. The predicted molar refractivity (Wildman–Crippen MR) is 114 cm³/mol. The molecule has 0 radical (unpaired) electrons. The van der Waals surface area contributed by atoms with Gasteiger partial charge in [-0.05, 0) is 42.5 Å². The van der Waals surface area contributed by atoms with Gasteiger partial charge in [-0.15, -0.1) is 0 Å². The fourth-order valence-corrected chi connectivity index (χ4v) is 2.91. The second-order valence-electron chi connectivity index (χ2n) is 5.74. The van der Waals surface area contributed by atoms with Gasteiger partial charge in [0.15, 0.2) is 0 Å². The van der Waals surface area contributed by atoms with Gasteiger partial charge < -0.3 is 15.2 Å². The Bertz CT molecular complexity index is 1030. The number of halogens is 2. The van der Waals surface area contributed by atoms with Crippen LogP contribution in [-0.4, -0.2) is 40.8 Å². The number of nitrogens with zero attached hydrogens (tertiary/aromatic N) is 1. The Morgan fingerprint density at radius 3 is 2.52 bits per heavy atom. The summed E-state index contributed by atoms with van der Waals surface area (Å²) in [5.74, 6) is -1.40. The SMILES string of the molecule is O=C(Nc1ccc(OCc2cccnc2)cc1C(=O)O)c1ccc(Cl)cc1Cl.[LiH]. The number of aromatic nitrogens is 1. The summed E-state index contributed by atoms with van der Waals surface area (Å²) in [4.78, 5) is 28.1. The number of aromatic carboxylic acids is 1. The number of nitrogens with one attached hydrogen (secondary N) is 1. The summed E-state index contributed by atoms with van der Waals surface area (Å²) in [6.45, 7) is 0.235. The van der Waals surface area contributed by atoms with E-state index < -0.39 is 11.9 Å². The molecule has 6 nitrogen and oxygen atoms in total. The Kier molecular flexibility index (Phi) is 8.12. The summed E-state index contributed by atoms with van der Waals surface area (Å²) in [6, 6.07) is 12.4. The van der Waals surface area contributed by atoms with Crippen LogP contribution < -0.4 is 10.1 Å². The Morgan fingerprint density at radius 2 is 1.86 bits per heavy atom. The van der Waals surface area contributed by atoms with Crippen LogP contribution in [0, 0.1) is 0 Å². The summed E-state index contributed by atoms with van der Waals surface area (Å²) in [7, 11) is 0. The summed E-state index contributed by atoms with van der Waals surface area (Å²) >= 11 is 11.9. The summed E-state index contributed by atoms with van der Waals surface area (Å²) < 4.78 is 5.61. The third-order valence-corrected chi connectivity index (χ3v) is 4.32. The number of carboxylic acid groups (broad SMARTS) is 1. The number of benzene rings is 2. The number of carboxylic acids is 1. The zero-order valence-electron chi connectivity index (χ0n) is 14.4. The standard InChI is InChI=1S/C20H14Cl2N2O4.Li.H/c21-13-3-5-15(17(22)8-13)19(25)24-18-6-4-14(9-16(18)20(26)27)28-11-12-2-1-7-23-10-12;;/h1-10H,11H2,(H,24,25)(H,26,27);;. The molecule has 2 N–H and O–H groups in total. The van der Waals surface area contributed by atoms with E-state index in [9.17, 15) is 14.7 Å². The van der Waals surface area contributed by atoms with E-state index in [0.717, 1.165) is 5.56 Å². The Labute approximate surface area is 189 Å². The van der Waals surface area contributed by atoms with Gasteiger partial charge in [-0.1, -0.05) is 29.3 Å². The van der Waals surface area contributed by atoms with Crippen LogP contribution in [0.25, 0.3) is 0 Å². The topological polar surface area (TPSA) is 88.5 Å². The van der Waals surface area contributed by atoms with E-state index in [1.165, 1.54) is 30.3 Å². The average molecular weight is 425 g/mol. The maximum absolute atomic E-state index is 12.4. The minimum atomic E-state index is -1.20. The van der Waals surface area contributed by atoms with Crippen molar-refractivity contribution in [2.45, 2.75) is 6.61 Å². The van der Waals surface area contributed by atoms with E-state index in [-0.39, 0.29) is 47.3 Å². The van der Waals surface area contributed by atoms with Crippen molar-refractivity contribution in [3.8, 4) is 5.75 Å². The Hall–Kier alpha value is -2.49. The van der Waals surface area contributed by atoms with E-state index >= 15 is 0 Å². The number of ether oxygens (including phenoxy) is 1. The van der Waals surface area contributed by atoms with Gasteiger partial charge in [0, 0.05) is 23.0 Å². The number of carbonyl (C=O) groups excluding carboxylic acids is 1. The monoisotopic (exact) mass is 424 g/mol. The van der Waals surface area contributed by atoms with E-state index in [0.29, 0.717) is 10.8 Å². The molecule has 0 unspecified atom stereocenters. The molecule has 9 heteroatoms. The van der Waals surface area contributed by atoms with Crippen LogP contribution in [0.4, 0.5) is 5.69 Å². The zero-order valence-corrected chi connectivity index (χ0v) is 15.9. The van der Waals surface area contributed by atoms with Crippen molar-refractivity contribution >= 4 is 59.6 Å². The van der Waals surface area contributed by atoms with Gasteiger partial charge in [-0.2, -0.15) is 0 Å². The van der Waals surface area contributed by atoms with Crippen LogP contribution in [0.5, 0.6) is 5.75 Å². The van der Waals surface area contributed by atoms with Crippen molar-refractivity contribution in [3.05, 3.63) is 87.7 Å². The molecule has 144 valence electrons. The molecule has 0 saturated carbocycles. The fraction of sp³-hybridized carbons (Fsp3) is 0.0500. The first-order chi connectivity index (χ1) is 13.4. The number of anilines is 1. The Morgan fingerprint density at radius 1 is 1.07 bits per heavy atom. The molecule has 0 aliphatic heterocycles. The van der Waals surface area contributed by atoms with Gasteiger partial charge in [0.05, 0.1) is 21.8 Å². The van der Waals surface area contributed by atoms with Crippen LogP contribution in [0.15, 0.2) is 60.9 Å². The maximum atomic E-state index is 12.4. The minimum absolute atomic E-state index is 0. The second-order valence-corrected chi connectivity index (χ2v) is 6.58. The zero-order chi connectivity index (χ0) is 20.1. The van der Waals surface area contributed by atoms with E-state index in [1.54, 1.807) is 24.5 Å². The number of hydrogen-bond donors (Lipinski definition) is 2. The molecule has 0 fully saturated rings. The molecular weight excluding hydrogens is 410 g/mol. The quantitative estimate of drug-likeness (QED) is 0.576. The molecule has 0 atom stereocenters. The van der Waals surface area contributed by atoms with Crippen LogP contribution >= 0.6 is 23.2 Å². The first kappa shape index (κ1) is 22.8. The molecule has 1 amide bonds. The van der Waals surface area contributed by atoms with Crippen molar-refractivity contribution < 1.29 is 19.4 Å². The van der Waals surface area contributed by atoms with Gasteiger partial charge >= 0.3 is 24.8 Å². The number of hydrogen-bond acceptors (Lipinski definition) is 4. The first-order valence-corrected chi connectivity index (χ1v) is 8.85. The Balaban J connectivity index is 0.00000300. The number of amides is 1. The van der Waals surface area contributed by atoms with Gasteiger partial charge in [0.1, 0.15) is 12.4 Å². The van der Waals surface area contributed by atoms with E-state index in [4.69, 9.17) is 27.9 Å². The van der Waals surface area contributed by atoms with Crippen LogP contribution in [0.3, 0.4) is 0 Å². The second kappa shape index (κ2) is 10.3. The van der Waals surface area contributed by atoms with E-state index in [1.807, 2.05) is 6.07 Å². The molecule has 0 aliphatic rings. The molecule has 29 heavy (non-hydrogen) atoms. The van der Waals surface area contributed by atoms with Crippen molar-refractivity contribution in [1.82, 2.24) is 4.98 Å². The molecular formula is C20H15Cl2LiN2O4. The molecule has 1 heterocycles. The molecule has 0 aliphatic carbocycles. The third kappa shape index (κ3) is 5.99. The van der Waals surface area contributed by atoms with Gasteiger partial charge in [0.25, 0.3) is 5.91 Å². The summed E-state index contributed by atoms with van der Waals surface area (Å²) in [5.41, 5.74) is 1.04. The van der Waals surface area contributed by atoms with Crippen LogP contribution in [-0.2, 0) is 6.61 Å². The summed E-state index contributed by atoms with van der Waals surface area (Å²) in [6.07, 6.45) is 3.30. The average Bonchev–Trinajstić information content (AvgIpc) is 2.67. The molecule has 2 aromatic carbocycles. The van der Waals surface area contributed by atoms with Crippen LogP contribution in [0.1, 0.15) is 26.3 Å². The summed E-state index contributed by atoms with van der Waals surface area (Å²) in [5, 5.41) is 12.6. The predicted octanol–water partition coefficient (Wildman–Crippen LogP) is 4.27. The molecule has 0 saturated heterocycles. The number of carbonyl (C=O) groups is 2. The fourth-order valence-electron chi connectivity index (χ4n) is 2.41. The van der Waals surface area contributed by atoms with Crippen LogP contribution in [0.2, 0.25) is 10.0 Å². The van der Waals surface area contributed by atoms with Gasteiger partial charge in [0.2, 0.25) is 0 Å². The molecule has 1 aromatic heterocycles.